The van der Waals surface area contributed by atoms with Gasteiger partial charge in [0.25, 0.3) is 11.8 Å². The van der Waals surface area contributed by atoms with E-state index in [1.54, 1.807) is 35.2 Å². The number of fused-ring (bicyclic) bond motifs is 8. The smallest absolute Gasteiger partial charge is 0.254 e. The summed E-state index contributed by atoms with van der Waals surface area (Å²) in [6.07, 6.45) is 8.06. The van der Waals surface area contributed by atoms with Gasteiger partial charge in [0.1, 0.15) is 45.2 Å². The Balaban J connectivity index is 0.759. The minimum atomic E-state index is -1.08. The molecule has 77 heavy (non-hydrogen) atoms. The molecule has 8 aromatic rings. The number of rotatable bonds is 14. The summed E-state index contributed by atoms with van der Waals surface area (Å²) in [5.74, 6) is 4.63. The van der Waals surface area contributed by atoms with Crippen molar-refractivity contribution in [1.29, 1.82) is 0 Å². The van der Waals surface area contributed by atoms with Gasteiger partial charge in [-0.25, -0.2) is 19.9 Å². The molecule has 18 nitrogen and oxygen atoms in total. The van der Waals surface area contributed by atoms with Crippen molar-refractivity contribution >= 4 is 61.8 Å². The number of benzene rings is 2. The van der Waals surface area contributed by atoms with Crippen LogP contribution >= 0.6 is 0 Å². The molecule has 6 aliphatic rings. The van der Waals surface area contributed by atoms with Gasteiger partial charge in [-0.05, 0) is 151 Å². The van der Waals surface area contributed by atoms with Crippen LogP contribution in [0.25, 0.3) is 67.2 Å². The molecule has 14 rings (SSSR count). The number of carbonyl (C=O) groups excluding carboxylic acids is 2. The molecule has 6 atom stereocenters. The molecular formula is C59H68N12O6. The van der Waals surface area contributed by atoms with Crippen LogP contribution in [0.5, 0.6) is 11.5 Å². The predicted octanol–water partition coefficient (Wildman–Crippen LogP) is 8.26. The lowest BCUT2D eigenvalue weighted by Gasteiger charge is -2.36. The van der Waals surface area contributed by atoms with Gasteiger partial charge in [0.05, 0.1) is 60.5 Å². The maximum Gasteiger partial charge on any atom is 0.254 e. The fraction of sp³-hybridized carbons (Fsp3) is 0.492. The molecule has 6 fully saturated rings. The monoisotopic (exact) mass is 1040 g/mol. The number of ether oxygens (including phenoxy) is 3. The lowest BCUT2D eigenvalue weighted by molar-refractivity contribution is 0.00771. The third-order valence-corrected chi connectivity index (χ3v) is 18.5. The molecule has 8 heterocycles. The van der Waals surface area contributed by atoms with Gasteiger partial charge in [0.15, 0.2) is 11.6 Å². The van der Waals surface area contributed by atoms with Crippen LogP contribution in [-0.2, 0) is 30.5 Å². The molecule has 4 aliphatic carbocycles. The van der Waals surface area contributed by atoms with Crippen molar-refractivity contribution in [2.45, 2.75) is 127 Å². The molecule has 6 aromatic heterocycles. The molecule has 2 saturated heterocycles. The average Bonchev–Trinajstić information content (AvgIpc) is 4.18. The van der Waals surface area contributed by atoms with E-state index in [0.717, 1.165) is 107 Å². The van der Waals surface area contributed by atoms with Crippen molar-refractivity contribution in [3.05, 3.63) is 77.5 Å². The molecule has 4 N–H and O–H groups in total. The van der Waals surface area contributed by atoms with E-state index in [2.05, 4.69) is 54.8 Å². The number of hydrogen-bond acceptors (Lipinski definition) is 12. The summed E-state index contributed by atoms with van der Waals surface area (Å²) in [7, 11) is 7.08. The highest BCUT2D eigenvalue weighted by Crippen LogP contribution is 2.46. The lowest BCUT2D eigenvalue weighted by atomic mass is 9.88. The zero-order chi connectivity index (χ0) is 52.9. The van der Waals surface area contributed by atoms with Crippen molar-refractivity contribution in [1.82, 2.24) is 48.0 Å². The summed E-state index contributed by atoms with van der Waals surface area (Å²) >= 11 is 0. The van der Waals surface area contributed by atoms with Crippen molar-refractivity contribution < 1.29 is 28.9 Å². The van der Waals surface area contributed by atoms with Gasteiger partial charge in [-0.3, -0.25) is 9.59 Å². The van der Waals surface area contributed by atoms with Crippen LogP contribution in [0.3, 0.4) is 0 Å². The molecule has 18 heteroatoms. The number of pyridine rings is 2. The van der Waals surface area contributed by atoms with E-state index in [0.29, 0.717) is 70.8 Å². The first kappa shape index (κ1) is 48.4. The third-order valence-electron chi connectivity index (χ3n) is 18.5. The second-order valence-corrected chi connectivity index (χ2v) is 23.5. The van der Waals surface area contributed by atoms with Crippen LogP contribution in [0, 0.1) is 17.8 Å². The van der Waals surface area contributed by atoms with E-state index in [4.69, 9.17) is 39.9 Å². The van der Waals surface area contributed by atoms with Gasteiger partial charge in [0.2, 0.25) is 0 Å². The Morgan fingerprint density at radius 3 is 1.97 bits per heavy atom. The first-order chi connectivity index (χ1) is 37.2. The van der Waals surface area contributed by atoms with Crippen LogP contribution in [0.2, 0.25) is 0 Å². The number of imidazole rings is 2. The van der Waals surface area contributed by atoms with Crippen LogP contribution in [-0.4, -0.2) is 130 Å². The Kier molecular flexibility index (Phi) is 11.2. The first-order valence-corrected chi connectivity index (χ1v) is 27.8. The number of carbonyl (C=O) groups is 2. The van der Waals surface area contributed by atoms with E-state index in [1.165, 1.54) is 12.8 Å². The number of nitrogens with two attached hydrogens (primary N) is 1. The molecule has 0 spiro atoms. The van der Waals surface area contributed by atoms with E-state index in [9.17, 15) is 14.7 Å². The summed E-state index contributed by atoms with van der Waals surface area (Å²) in [6.45, 7) is 8.44. The summed E-state index contributed by atoms with van der Waals surface area (Å²) < 4.78 is 26.8. The van der Waals surface area contributed by atoms with E-state index in [-0.39, 0.29) is 54.0 Å². The average molecular weight is 1040 g/mol. The quantitative estimate of drug-likeness (QED) is 0.0944. The number of amides is 2. The first-order valence-electron chi connectivity index (χ1n) is 27.8. The van der Waals surface area contributed by atoms with Gasteiger partial charge in [0, 0.05) is 80.4 Å². The summed E-state index contributed by atoms with van der Waals surface area (Å²) in [5.41, 5.74) is 13.8. The van der Waals surface area contributed by atoms with Crippen LogP contribution in [0.1, 0.15) is 105 Å². The Morgan fingerprint density at radius 2 is 1.34 bits per heavy atom. The number of aromatic nitrogens is 8. The molecule has 400 valence electrons. The zero-order valence-corrected chi connectivity index (χ0v) is 45.0. The van der Waals surface area contributed by atoms with Gasteiger partial charge < -0.3 is 58.4 Å². The van der Waals surface area contributed by atoms with Crippen LogP contribution in [0.4, 0.5) is 5.82 Å². The number of hydrogen-bond donors (Lipinski definition) is 3. The number of methoxy groups -OCH3 is 3. The fourth-order valence-electron chi connectivity index (χ4n) is 14.1. The van der Waals surface area contributed by atoms with Crippen molar-refractivity contribution in [3.63, 3.8) is 0 Å². The SMILES string of the molecule is CCn1c(-c2nc3cc(C(=O)N4C[C@H]5CC[C@@H]4[C@@H]5N)cc(OC)c3n2[C@H]2C[C@H](OC)C2)cc2ccc(N[C@@H]3[C@@H]4CC[C@H]3N(C(=O)c3cc(OC)c5c(c3)nc(-c3cc6ccc(C(C)(C)O)nc6n3CC3CC3)n5C)C4)nc21. The number of nitrogens with zero attached hydrogens (tertiary/aromatic N) is 10. The number of likely N-dealkylation sites (tertiary alicyclic amines) is 2. The highest BCUT2D eigenvalue weighted by atomic mass is 16.5. The molecule has 2 amide bonds. The van der Waals surface area contributed by atoms with Crippen molar-refractivity contribution in [2.75, 3.05) is 39.7 Å². The van der Waals surface area contributed by atoms with Crippen LogP contribution in [0.15, 0.2) is 60.7 Å². The third kappa shape index (κ3) is 7.59. The van der Waals surface area contributed by atoms with E-state index >= 15 is 0 Å². The van der Waals surface area contributed by atoms with E-state index in [1.807, 2.05) is 53.2 Å². The minimum Gasteiger partial charge on any atom is -0.494 e. The summed E-state index contributed by atoms with van der Waals surface area (Å²) in [5, 5.41) is 16.7. The van der Waals surface area contributed by atoms with Gasteiger partial charge in [-0.2, -0.15) is 0 Å². The Hall–Kier alpha value is -7.02. The molecule has 0 unspecified atom stereocenters. The summed E-state index contributed by atoms with van der Waals surface area (Å²) in [4.78, 5) is 53.9. The topological polar surface area (TPSA) is 198 Å². The number of aliphatic hydroxyl groups is 1. The normalized spacial score (nSPS) is 24.8. The zero-order valence-electron chi connectivity index (χ0n) is 45.0. The second-order valence-electron chi connectivity index (χ2n) is 23.5. The molecule has 0 radical (unpaired) electrons. The maximum absolute atomic E-state index is 14.8. The lowest BCUT2D eigenvalue weighted by Crippen LogP contribution is -2.41. The minimum absolute atomic E-state index is 0.0202. The molecule has 2 aliphatic heterocycles. The standard InChI is InChI=1S/C59H68N12O6/c1-8-67-44(56-62-40-20-36(57(72)69-28-33-11-15-41(69)49(33)60)24-46(77-7)52(40)71(56)37-25-38(26-37)75-5)22-32-14-18-48(65-54(32)67)64-50-34-12-16-42(50)70(29-34)58(73)35-19-39-51(45(23-35)76-6)66(4)55(61-39)43-21-31-13-17-47(59(2,3)74)63-53(31)68(43)27-30-9-10-30/h13-14,17-24,30,33-34,37-38,41-42,49-50,74H,8-12,15-16,25-29,60H2,1-7H3,(H,64,65)/t33-,34-,37-,38-,41-,42-,49-,50-/m1/s1. The number of piperidine rings is 2. The Morgan fingerprint density at radius 1 is 0.727 bits per heavy atom. The van der Waals surface area contributed by atoms with E-state index < -0.39 is 5.60 Å². The van der Waals surface area contributed by atoms with Gasteiger partial charge in [-0.1, -0.05) is 0 Å². The molecule has 2 aromatic carbocycles. The second kappa shape index (κ2) is 17.8. The summed E-state index contributed by atoms with van der Waals surface area (Å²) in [6, 6.07) is 20.2. The number of nitrogens with one attached hydrogen (secondary N) is 1. The van der Waals surface area contributed by atoms with Gasteiger partial charge in [-0.15, -0.1) is 0 Å². The largest absolute Gasteiger partial charge is 0.494 e. The number of anilines is 1. The predicted molar refractivity (Wildman–Crippen MR) is 294 cm³/mol. The number of aryl methyl sites for hydroxylation is 2. The van der Waals surface area contributed by atoms with Gasteiger partial charge >= 0.3 is 0 Å². The molecular weight excluding hydrogens is 973 g/mol. The van der Waals surface area contributed by atoms with Crippen LogP contribution < -0.4 is 20.5 Å². The molecule has 4 bridgehead atoms. The van der Waals surface area contributed by atoms with Crippen molar-refractivity contribution in [3.8, 4) is 34.5 Å². The Labute approximate surface area is 446 Å². The maximum atomic E-state index is 14.8. The highest BCUT2D eigenvalue weighted by Gasteiger charge is 2.50. The molecule has 4 saturated carbocycles. The highest BCUT2D eigenvalue weighted by molar-refractivity contribution is 6.02. The Bertz CT molecular complexity index is 3720. The fourth-order valence-corrected chi connectivity index (χ4v) is 14.1. The van der Waals surface area contributed by atoms with Crippen molar-refractivity contribution in [2.24, 2.45) is 30.5 Å².